The van der Waals surface area contributed by atoms with Gasteiger partial charge in [-0.1, -0.05) is 6.92 Å². The summed E-state index contributed by atoms with van der Waals surface area (Å²) in [5.74, 6) is 0. The predicted molar refractivity (Wildman–Crippen MR) is 55.9 cm³/mol. The minimum Gasteiger partial charge on any atom is -0.192 e. The molecule has 2 rings (SSSR count). The van der Waals surface area contributed by atoms with Crippen molar-refractivity contribution in [2.24, 2.45) is 0 Å². The van der Waals surface area contributed by atoms with Crippen molar-refractivity contribution >= 4 is 21.4 Å². The number of nitriles is 1. The lowest BCUT2D eigenvalue weighted by molar-refractivity contribution is 1.16. The van der Waals surface area contributed by atoms with Gasteiger partial charge in [0.1, 0.15) is 0 Å². The van der Waals surface area contributed by atoms with Gasteiger partial charge in [-0.25, -0.2) is 0 Å². The van der Waals surface area contributed by atoms with Crippen LogP contribution >= 0.6 is 11.3 Å². The zero-order valence-electron chi connectivity index (χ0n) is 7.37. The van der Waals surface area contributed by atoms with Gasteiger partial charge in [0.2, 0.25) is 0 Å². The van der Waals surface area contributed by atoms with Crippen LogP contribution in [0.2, 0.25) is 0 Å². The number of hydrogen-bond donors (Lipinski definition) is 0. The quantitative estimate of drug-likeness (QED) is 0.671. The topological polar surface area (TPSA) is 23.8 Å². The number of thiophene rings is 1. The van der Waals surface area contributed by atoms with E-state index in [0.29, 0.717) is 0 Å². The molecule has 1 nitrogen and oxygen atoms in total. The highest BCUT2D eigenvalue weighted by molar-refractivity contribution is 7.17. The lowest BCUT2D eigenvalue weighted by atomic mass is 10.1. The molecule has 0 saturated heterocycles. The fourth-order valence-electron chi connectivity index (χ4n) is 1.48. The summed E-state index contributed by atoms with van der Waals surface area (Å²) in [6.07, 6.45) is 0.993. The Morgan fingerprint density at radius 3 is 3.00 bits per heavy atom. The third kappa shape index (κ3) is 1.32. The summed E-state index contributed by atoms with van der Waals surface area (Å²) in [5.41, 5.74) is 2.05. The van der Waals surface area contributed by atoms with Crippen molar-refractivity contribution in [3.63, 3.8) is 0 Å². The van der Waals surface area contributed by atoms with Crippen molar-refractivity contribution in [2.75, 3.05) is 0 Å². The van der Waals surface area contributed by atoms with Crippen LogP contribution in [0, 0.1) is 11.3 Å². The molecule has 2 heteroatoms. The molecule has 0 aliphatic heterocycles. The molecule has 1 aromatic carbocycles. The Bertz CT molecular complexity index is 476. The van der Waals surface area contributed by atoms with Crippen molar-refractivity contribution < 1.29 is 0 Å². The minimum absolute atomic E-state index is 0.766. The average Bonchev–Trinajstić information content (AvgIpc) is 2.63. The fourth-order valence-corrected chi connectivity index (χ4v) is 2.45. The molecule has 0 saturated carbocycles. The van der Waals surface area contributed by atoms with Crippen LogP contribution in [0.15, 0.2) is 23.6 Å². The Hall–Kier alpha value is -1.33. The molecule has 0 fully saturated rings. The Balaban J connectivity index is 2.79. The molecule has 0 unspecified atom stereocenters. The third-order valence-corrected chi connectivity index (χ3v) is 3.14. The first kappa shape index (κ1) is 8.28. The van der Waals surface area contributed by atoms with Crippen LogP contribution < -0.4 is 0 Å². The van der Waals surface area contributed by atoms with E-state index < -0.39 is 0 Å². The van der Waals surface area contributed by atoms with Crippen LogP contribution in [-0.4, -0.2) is 0 Å². The van der Waals surface area contributed by atoms with Gasteiger partial charge in [-0.3, -0.25) is 0 Å². The maximum atomic E-state index is 8.81. The lowest BCUT2D eigenvalue weighted by Gasteiger charge is -1.99. The molecule has 0 radical (unpaired) electrons. The van der Waals surface area contributed by atoms with Gasteiger partial charge in [-0.2, -0.15) is 5.26 Å². The molecular weight excluding hydrogens is 178 g/mol. The van der Waals surface area contributed by atoms with Crippen molar-refractivity contribution in [2.45, 2.75) is 13.3 Å². The summed E-state index contributed by atoms with van der Waals surface area (Å²) in [7, 11) is 0. The van der Waals surface area contributed by atoms with Crippen LogP contribution in [0.5, 0.6) is 0 Å². The van der Waals surface area contributed by atoms with Crippen molar-refractivity contribution in [3.8, 4) is 6.07 Å². The first-order valence-electron chi connectivity index (χ1n) is 4.25. The van der Waals surface area contributed by atoms with E-state index >= 15 is 0 Å². The number of benzene rings is 1. The van der Waals surface area contributed by atoms with Crippen LogP contribution in [0.1, 0.15) is 18.1 Å². The third-order valence-electron chi connectivity index (χ3n) is 2.14. The normalized spacial score (nSPS) is 10.2. The van der Waals surface area contributed by atoms with E-state index in [0.717, 1.165) is 12.0 Å². The number of rotatable bonds is 1. The molecule has 0 spiro atoms. The van der Waals surface area contributed by atoms with Crippen LogP contribution in [0.25, 0.3) is 10.1 Å². The highest BCUT2D eigenvalue weighted by atomic mass is 32.1. The molecule has 64 valence electrons. The van der Waals surface area contributed by atoms with E-state index in [-0.39, 0.29) is 0 Å². The smallest absolute Gasteiger partial charge is 0.0991 e. The second-order valence-electron chi connectivity index (χ2n) is 2.94. The van der Waals surface area contributed by atoms with E-state index in [1.54, 1.807) is 11.3 Å². The molecule has 0 atom stereocenters. The van der Waals surface area contributed by atoms with Crippen LogP contribution in [-0.2, 0) is 6.42 Å². The summed E-state index contributed by atoms with van der Waals surface area (Å²) < 4.78 is 1.32. The first-order chi connectivity index (χ1) is 6.35. The standard InChI is InChI=1S/C11H9NS/c1-2-9-5-8(7-12)6-10-3-4-13-11(9)10/h3-6H,2H2,1H3. The van der Waals surface area contributed by atoms with Crippen LogP contribution in [0.3, 0.4) is 0 Å². The van der Waals surface area contributed by atoms with Gasteiger partial charge >= 0.3 is 0 Å². The molecule has 0 bridgehead atoms. The fraction of sp³-hybridized carbons (Fsp3) is 0.182. The van der Waals surface area contributed by atoms with E-state index in [1.165, 1.54) is 15.6 Å². The maximum Gasteiger partial charge on any atom is 0.0991 e. The number of fused-ring (bicyclic) bond motifs is 1. The summed E-state index contributed by atoms with van der Waals surface area (Å²) in [6, 6.07) is 8.19. The number of aryl methyl sites for hydroxylation is 1. The largest absolute Gasteiger partial charge is 0.192 e. The second kappa shape index (κ2) is 3.20. The molecular formula is C11H9NS. The average molecular weight is 187 g/mol. The zero-order valence-corrected chi connectivity index (χ0v) is 8.19. The minimum atomic E-state index is 0.766. The zero-order chi connectivity index (χ0) is 9.26. The Morgan fingerprint density at radius 1 is 1.46 bits per heavy atom. The van der Waals surface area contributed by atoms with E-state index in [4.69, 9.17) is 5.26 Å². The summed E-state index contributed by atoms with van der Waals surface area (Å²) in [4.78, 5) is 0. The van der Waals surface area contributed by atoms with Gasteiger partial charge in [-0.15, -0.1) is 11.3 Å². The van der Waals surface area contributed by atoms with Gasteiger partial charge in [0.05, 0.1) is 11.6 Å². The van der Waals surface area contributed by atoms with Crippen molar-refractivity contribution in [1.29, 1.82) is 5.26 Å². The van der Waals surface area contributed by atoms with Crippen molar-refractivity contribution in [1.82, 2.24) is 0 Å². The summed E-state index contributed by atoms with van der Waals surface area (Å²) >= 11 is 1.75. The SMILES string of the molecule is CCc1cc(C#N)cc2ccsc12. The summed E-state index contributed by atoms with van der Waals surface area (Å²) in [5, 5.41) is 12.1. The molecule has 0 N–H and O–H groups in total. The molecule has 0 aliphatic rings. The Labute approximate surface area is 81.2 Å². The maximum absolute atomic E-state index is 8.81. The highest BCUT2D eigenvalue weighted by Gasteiger charge is 2.02. The number of nitrogens with zero attached hydrogens (tertiary/aromatic N) is 1. The van der Waals surface area contributed by atoms with Gasteiger partial charge in [0.15, 0.2) is 0 Å². The van der Waals surface area contributed by atoms with Crippen LogP contribution in [0.4, 0.5) is 0 Å². The number of hydrogen-bond acceptors (Lipinski definition) is 2. The van der Waals surface area contributed by atoms with Gasteiger partial charge < -0.3 is 0 Å². The Kier molecular flexibility index (Phi) is 2.03. The first-order valence-corrected chi connectivity index (χ1v) is 5.13. The van der Waals surface area contributed by atoms with E-state index in [1.807, 2.05) is 12.1 Å². The van der Waals surface area contributed by atoms with Gasteiger partial charge in [0, 0.05) is 4.70 Å². The molecule has 2 aromatic rings. The molecule has 0 aliphatic carbocycles. The monoisotopic (exact) mass is 187 g/mol. The molecule has 1 heterocycles. The van der Waals surface area contributed by atoms with Gasteiger partial charge in [-0.05, 0) is 40.9 Å². The van der Waals surface area contributed by atoms with Crippen molar-refractivity contribution in [3.05, 3.63) is 34.7 Å². The molecule has 13 heavy (non-hydrogen) atoms. The highest BCUT2D eigenvalue weighted by Crippen LogP contribution is 2.26. The van der Waals surface area contributed by atoms with Gasteiger partial charge in [0.25, 0.3) is 0 Å². The molecule has 0 amide bonds. The predicted octanol–water partition coefficient (Wildman–Crippen LogP) is 3.34. The van der Waals surface area contributed by atoms with E-state index in [9.17, 15) is 0 Å². The summed E-state index contributed by atoms with van der Waals surface area (Å²) in [6.45, 7) is 2.12. The van der Waals surface area contributed by atoms with E-state index in [2.05, 4.69) is 24.4 Å². The second-order valence-corrected chi connectivity index (χ2v) is 3.86. The lowest BCUT2D eigenvalue weighted by Crippen LogP contribution is -1.82. The Morgan fingerprint density at radius 2 is 2.31 bits per heavy atom. The molecule has 1 aromatic heterocycles.